The zero-order valence-corrected chi connectivity index (χ0v) is 21.9. The topological polar surface area (TPSA) is 156 Å². The van der Waals surface area contributed by atoms with E-state index < -0.39 is 23.3 Å². The summed E-state index contributed by atoms with van der Waals surface area (Å²) in [7, 11) is 0. The summed E-state index contributed by atoms with van der Waals surface area (Å²) in [5.74, 6) is -2.61. The highest BCUT2D eigenvalue weighted by molar-refractivity contribution is 8.00. The number of carboxylic acid groups (broad SMARTS) is 1. The van der Waals surface area contributed by atoms with Gasteiger partial charge in [-0.1, -0.05) is 49.0 Å². The maximum absolute atomic E-state index is 12.3. The van der Waals surface area contributed by atoms with Crippen LogP contribution in [-0.2, 0) is 16.0 Å². The van der Waals surface area contributed by atoms with E-state index in [-0.39, 0.29) is 5.54 Å². The number of nitrogens with two attached hydrogens (primary N) is 1. The van der Waals surface area contributed by atoms with Gasteiger partial charge in [0.15, 0.2) is 0 Å². The molecular weight excluding hydrogens is 533 g/mol. The molecule has 0 saturated carbocycles. The number of nitrogens with one attached hydrogen (secondary N) is 1. The predicted molar refractivity (Wildman–Crippen MR) is 138 cm³/mol. The number of nitrogens with zero attached hydrogens (tertiary/aromatic N) is 4. The Balaban J connectivity index is 0.000000532. The van der Waals surface area contributed by atoms with Gasteiger partial charge in [0.05, 0.1) is 11.1 Å². The van der Waals surface area contributed by atoms with Crippen LogP contribution in [0.25, 0.3) is 0 Å². The first kappa shape index (κ1) is 29.7. The SMILES string of the molecule is CCc1c(C#N)c(SC(C(N)=O)c2ccccc2)nc(N2CCC23CCNCC3)c1C#N.O=C(O)C(F)(F)F. The molecule has 0 bridgehead atoms. The number of alkyl halides is 3. The van der Waals surface area contributed by atoms with E-state index in [9.17, 15) is 28.5 Å². The molecule has 2 saturated heterocycles. The number of aromatic nitrogens is 1. The lowest BCUT2D eigenvalue weighted by molar-refractivity contribution is -0.192. The van der Waals surface area contributed by atoms with E-state index in [4.69, 9.17) is 20.6 Å². The Morgan fingerprint density at radius 2 is 1.77 bits per heavy atom. The van der Waals surface area contributed by atoms with Crippen LogP contribution in [0.3, 0.4) is 0 Å². The molecule has 4 rings (SSSR count). The van der Waals surface area contributed by atoms with Crippen LogP contribution < -0.4 is 16.0 Å². The van der Waals surface area contributed by atoms with Crippen molar-refractivity contribution >= 4 is 29.5 Å². The fourth-order valence-corrected chi connectivity index (χ4v) is 5.83. The molecule has 0 aliphatic carbocycles. The van der Waals surface area contributed by atoms with Crippen LogP contribution in [0.1, 0.15) is 53.7 Å². The normalized spacial score (nSPS) is 16.6. The number of hydrogen-bond donors (Lipinski definition) is 3. The van der Waals surface area contributed by atoms with Gasteiger partial charge in [0.2, 0.25) is 5.91 Å². The van der Waals surface area contributed by atoms with Crippen molar-refractivity contribution in [3.63, 3.8) is 0 Å². The molecule has 1 amide bonds. The van der Waals surface area contributed by atoms with Gasteiger partial charge in [-0.25, -0.2) is 9.78 Å². The number of rotatable bonds is 6. The Kier molecular flexibility index (Phi) is 9.43. The third kappa shape index (κ3) is 6.44. The number of thioether (sulfide) groups is 1. The van der Waals surface area contributed by atoms with E-state index in [2.05, 4.69) is 22.4 Å². The van der Waals surface area contributed by atoms with Crippen molar-refractivity contribution in [1.29, 1.82) is 10.5 Å². The van der Waals surface area contributed by atoms with Gasteiger partial charge in [0.25, 0.3) is 0 Å². The number of carbonyl (C=O) groups is 2. The molecule has 206 valence electrons. The number of aliphatic carboxylic acids is 1. The molecule has 13 heteroatoms. The number of anilines is 1. The number of nitriles is 2. The first-order valence-corrected chi connectivity index (χ1v) is 13.0. The maximum atomic E-state index is 12.3. The van der Waals surface area contributed by atoms with Crippen LogP contribution in [0.15, 0.2) is 35.4 Å². The lowest BCUT2D eigenvalue weighted by Gasteiger charge is -2.56. The average molecular weight is 561 g/mol. The molecule has 9 nitrogen and oxygen atoms in total. The number of pyridine rings is 1. The Bertz CT molecular complexity index is 1300. The minimum absolute atomic E-state index is 0.00742. The number of halogens is 3. The lowest BCUT2D eigenvalue weighted by atomic mass is 9.76. The quantitative estimate of drug-likeness (QED) is 0.449. The number of benzene rings is 1. The second-order valence-electron chi connectivity index (χ2n) is 9.04. The summed E-state index contributed by atoms with van der Waals surface area (Å²) >= 11 is 1.19. The molecule has 1 spiro atoms. The van der Waals surface area contributed by atoms with Gasteiger partial charge in [0.1, 0.15) is 28.2 Å². The summed E-state index contributed by atoms with van der Waals surface area (Å²) in [6.45, 7) is 4.65. The van der Waals surface area contributed by atoms with Gasteiger partial charge < -0.3 is 21.1 Å². The summed E-state index contributed by atoms with van der Waals surface area (Å²) in [4.78, 5) is 28.3. The number of piperidine rings is 1. The number of hydrogen-bond acceptors (Lipinski definition) is 8. The number of carbonyl (C=O) groups excluding carboxylic acids is 1. The molecule has 39 heavy (non-hydrogen) atoms. The molecule has 1 aromatic heterocycles. The zero-order chi connectivity index (χ0) is 28.8. The first-order chi connectivity index (χ1) is 18.5. The third-order valence-corrected chi connectivity index (χ3v) is 8.08. The number of amides is 1. The van der Waals surface area contributed by atoms with Gasteiger partial charge in [0, 0.05) is 12.1 Å². The van der Waals surface area contributed by atoms with E-state index in [1.54, 1.807) is 0 Å². The third-order valence-electron chi connectivity index (χ3n) is 6.82. The molecule has 2 aliphatic rings. The maximum Gasteiger partial charge on any atom is 0.490 e. The smallest absolute Gasteiger partial charge is 0.475 e. The van der Waals surface area contributed by atoms with Crippen molar-refractivity contribution in [3.8, 4) is 12.1 Å². The van der Waals surface area contributed by atoms with E-state index in [0.29, 0.717) is 34.0 Å². The Labute approximate surface area is 227 Å². The monoisotopic (exact) mass is 560 g/mol. The van der Waals surface area contributed by atoms with Crippen molar-refractivity contribution in [2.75, 3.05) is 24.5 Å². The van der Waals surface area contributed by atoms with Gasteiger partial charge >= 0.3 is 12.1 Å². The molecule has 1 aromatic carbocycles. The molecule has 1 unspecified atom stereocenters. The zero-order valence-electron chi connectivity index (χ0n) is 21.1. The van der Waals surface area contributed by atoms with Gasteiger partial charge in [-0.05, 0) is 49.9 Å². The van der Waals surface area contributed by atoms with Crippen molar-refractivity contribution in [3.05, 3.63) is 52.6 Å². The molecule has 4 N–H and O–H groups in total. The van der Waals surface area contributed by atoms with Crippen molar-refractivity contribution < 1.29 is 27.9 Å². The highest BCUT2D eigenvalue weighted by Crippen LogP contribution is 2.45. The standard InChI is InChI=1S/C24H26N6OS.C2HF3O2/c1-2-17-18(14-25)22(30-13-10-24(30)8-11-28-12-9-24)29-23(19(17)15-26)32-20(21(27)31)16-6-4-3-5-7-16;3-2(4,5)1(6)7/h3-7,20,28H,2,8-13H2,1H3,(H2,27,31);(H,6,7). The average Bonchev–Trinajstić information content (AvgIpc) is 2.91. The Morgan fingerprint density at radius 1 is 1.18 bits per heavy atom. The first-order valence-electron chi connectivity index (χ1n) is 12.2. The number of carboxylic acids is 1. The van der Waals surface area contributed by atoms with E-state index in [0.717, 1.165) is 44.5 Å². The highest BCUT2D eigenvalue weighted by atomic mass is 32.2. The molecule has 2 fully saturated rings. The largest absolute Gasteiger partial charge is 0.490 e. The van der Waals surface area contributed by atoms with E-state index in [1.165, 1.54) is 11.8 Å². The van der Waals surface area contributed by atoms with Crippen LogP contribution >= 0.6 is 11.8 Å². The van der Waals surface area contributed by atoms with Gasteiger partial charge in [-0.3, -0.25) is 4.79 Å². The van der Waals surface area contributed by atoms with Gasteiger partial charge in [-0.15, -0.1) is 0 Å². The fourth-order valence-electron chi connectivity index (χ4n) is 4.78. The van der Waals surface area contributed by atoms with Crippen molar-refractivity contribution in [2.45, 2.75) is 54.6 Å². The van der Waals surface area contributed by atoms with Crippen LogP contribution in [0.4, 0.5) is 19.0 Å². The predicted octanol–water partition coefficient (Wildman–Crippen LogP) is 3.67. The van der Waals surface area contributed by atoms with Crippen molar-refractivity contribution in [2.24, 2.45) is 5.73 Å². The molecule has 1 atom stereocenters. The minimum atomic E-state index is -5.08. The van der Waals surface area contributed by atoms with E-state index >= 15 is 0 Å². The molecule has 2 aromatic rings. The minimum Gasteiger partial charge on any atom is -0.475 e. The molecular formula is C26H27F3N6O3S. The molecule has 2 aliphatic heterocycles. The number of primary amides is 1. The van der Waals surface area contributed by atoms with Crippen LogP contribution in [0, 0.1) is 22.7 Å². The Morgan fingerprint density at radius 3 is 2.21 bits per heavy atom. The summed E-state index contributed by atoms with van der Waals surface area (Å²) in [5, 5.41) is 30.3. The van der Waals surface area contributed by atoms with Crippen molar-refractivity contribution in [1.82, 2.24) is 10.3 Å². The summed E-state index contributed by atoms with van der Waals surface area (Å²) < 4.78 is 31.7. The summed E-state index contributed by atoms with van der Waals surface area (Å²) in [5.41, 5.74) is 8.04. The molecule has 3 heterocycles. The summed E-state index contributed by atoms with van der Waals surface area (Å²) in [6, 6.07) is 13.8. The van der Waals surface area contributed by atoms with E-state index in [1.807, 2.05) is 37.3 Å². The second kappa shape index (κ2) is 12.4. The second-order valence-corrected chi connectivity index (χ2v) is 10.1. The summed E-state index contributed by atoms with van der Waals surface area (Å²) in [6.07, 6.45) is -1.49. The highest BCUT2D eigenvalue weighted by Gasteiger charge is 2.47. The Hall–Kier alpha value is -3.81. The van der Waals surface area contributed by atoms with Crippen LogP contribution in [0.5, 0.6) is 0 Å². The van der Waals surface area contributed by atoms with Crippen LogP contribution in [0.2, 0.25) is 0 Å². The lowest BCUT2D eigenvalue weighted by Crippen LogP contribution is -2.64. The fraction of sp³-hybridized carbons (Fsp3) is 0.423. The van der Waals surface area contributed by atoms with Crippen LogP contribution in [-0.4, -0.2) is 53.3 Å². The van der Waals surface area contributed by atoms with Gasteiger partial charge in [-0.2, -0.15) is 23.7 Å². The molecule has 0 radical (unpaired) electrons.